The largest absolute Gasteiger partial charge is 0.480 e. The van der Waals surface area contributed by atoms with E-state index in [0.29, 0.717) is 12.0 Å². The molecule has 22 heteroatoms. The lowest BCUT2D eigenvalue weighted by molar-refractivity contribution is -0.144. The number of amides is 7. The summed E-state index contributed by atoms with van der Waals surface area (Å²) in [6.07, 6.45) is 3.79. The minimum Gasteiger partial charge on any atom is -0.480 e. The number of carbonyl (C=O) groups excluding carboxylic acids is 7. The van der Waals surface area contributed by atoms with Crippen molar-refractivity contribution in [1.82, 2.24) is 36.8 Å². The van der Waals surface area contributed by atoms with Crippen LogP contribution in [-0.2, 0) is 54.3 Å². The minimum absolute atomic E-state index is 0.0117. The third-order valence-corrected chi connectivity index (χ3v) is 11.5. The van der Waals surface area contributed by atoms with Crippen LogP contribution >= 0.6 is 0 Å². The van der Waals surface area contributed by atoms with Crippen molar-refractivity contribution in [3.8, 4) is 0 Å². The van der Waals surface area contributed by atoms with Gasteiger partial charge in [-0.15, -0.1) is 0 Å². The number of hydrogen-bond donors (Lipinski definition) is 10. The average Bonchev–Trinajstić information content (AvgIpc) is 3.29. The Morgan fingerprint density at radius 1 is 0.871 bits per heavy atom. The van der Waals surface area contributed by atoms with Gasteiger partial charge in [0.25, 0.3) is 5.91 Å². The van der Waals surface area contributed by atoms with E-state index in [4.69, 9.17) is 16.2 Å². The van der Waals surface area contributed by atoms with Crippen molar-refractivity contribution in [3.05, 3.63) is 72.0 Å². The van der Waals surface area contributed by atoms with Crippen molar-refractivity contribution in [1.29, 1.82) is 0 Å². The molecule has 1 heterocycles. The maximum absolute atomic E-state index is 14.3. The van der Waals surface area contributed by atoms with Gasteiger partial charge in [0, 0.05) is 33.0 Å². The average molecular weight is 981 g/mol. The summed E-state index contributed by atoms with van der Waals surface area (Å²) in [5.41, 5.74) is 12.3. The highest BCUT2D eigenvalue weighted by molar-refractivity contribution is 6.00. The molecule has 1 fully saturated rings. The number of carbonyl (C=O) groups is 9. The molecule has 70 heavy (non-hydrogen) atoms. The van der Waals surface area contributed by atoms with E-state index in [9.17, 15) is 53.4 Å². The minimum atomic E-state index is -1.85. The van der Waals surface area contributed by atoms with Gasteiger partial charge in [-0.2, -0.15) is 0 Å². The molecule has 1 saturated heterocycles. The van der Waals surface area contributed by atoms with E-state index in [-0.39, 0.29) is 49.7 Å². The quantitative estimate of drug-likeness (QED) is 0.0374. The summed E-state index contributed by atoms with van der Waals surface area (Å²) in [5.74, 6) is -11.0. The Balaban J connectivity index is 2.69. The number of nitrogens with zero attached hydrogens (tertiary/aromatic N) is 2. The van der Waals surface area contributed by atoms with E-state index in [1.165, 1.54) is 27.0 Å². The zero-order valence-corrected chi connectivity index (χ0v) is 41.3. The molecule has 1 aliphatic heterocycles. The molecule has 0 spiro atoms. The number of methoxy groups -OCH3 is 1. The molecule has 0 saturated carbocycles. The molecule has 0 radical (unpaired) electrons. The molecule has 0 bridgehead atoms. The van der Waals surface area contributed by atoms with Gasteiger partial charge in [-0.3, -0.25) is 38.6 Å². The second-order valence-electron chi connectivity index (χ2n) is 17.8. The third-order valence-electron chi connectivity index (χ3n) is 11.5. The fraction of sp³-hybridized carbons (Fsp3) is 0.542. The first kappa shape index (κ1) is 59.0. The van der Waals surface area contributed by atoms with Crippen molar-refractivity contribution in [2.24, 2.45) is 34.2 Å². The molecule has 2 rings (SSSR count). The van der Waals surface area contributed by atoms with Crippen LogP contribution in [-0.4, -0.2) is 137 Å². The predicted octanol–water partition coefficient (Wildman–Crippen LogP) is 0.372. The molecule has 0 aromatic heterocycles. The Hall–Kier alpha value is -7.10. The monoisotopic (exact) mass is 981 g/mol. The number of rotatable bonds is 15. The summed E-state index contributed by atoms with van der Waals surface area (Å²) >= 11 is 0. The molecule has 1 aromatic rings. The topological polar surface area (TPSA) is 343 Å². The van der Waals surface area contributed by atoms with Crippen LogP contribution in [0.5, 0.6) is 0 Å². The summed E-state index contributed by atoms with van der Waals surface area (Å²) in [6, 6.07) is 1.07. The van der Waals surface area contributed by atoms with Gasteiger partial charge >= 0.3 is 11.9 Å². The molecule has 0 aliphatic carbocycles. The van der Waals surface area contributed by atoms with Gasteiger partial charge in [0.2, 0.25) is 35.4 Å². The number of carboxylic acids is 2. The number of benzene rings is 1. The highest BCUT2D eigenvalue weighted by atomic mass is 16.5. The summed E-state index contributed by atoms with van der Waals surface area (Å²) in [5, 5.41) is 35.2. The maximum atomic E-state index is 14.3. The molecule has 1 aromatic carbocycles. The van der Waals surface area contributed by atoms with Crippen molar-refractivity contribution < 1.29 is 58.1 Å². The van der Waals surface area contributed by atoms with E-state index in [1.54, 1.807) is 34.0 Å². The molecule has 9 atom stereocenters. The van der Waals surface area contributed by atoms with Crippen LogP contribution in [0.3, 0.4) is 0 Å². The lowest BCUT2D eigenvalue weighted by atomic mass is 9.94. The Kier molecular flexibility index (Phi) is 24.5. The van der Waals surface area contributed by atoms with Crippen molar-refractivity contribution in [2.75, 3.05) is 20.7 Å². The number of carboxylic acid groups (broad SMARTS) is 2. The number of guanidine groups is 1. The second-order valence-corrected chi connectivity index (χ2v) is 17.8. The van der Waals surface area contributed by atoms with Gasteiger partial charge in [-0.05, 0) is 57.4 Å². The predicted molar refractivity (Wildman–Crippen MR) is 260 cm³/mol. The van der Waals surface area contributed by atoms with Crippen molar-refractivity contribution in [2.45, 2.75) is 129 Å². The van der Waals surface area contributed by atoms with E-state index in [1.807, 2.05) is 43.3 Å². The number of nitrogens with two attached hydrogens (primary N) is 2. The Morgan fingerprint density at radius 2 is 1.49 bits per heavy atom. The Morgan fingerprint density at radius 3 is 2.07 bits per heavy atom. The molecule has 6 unspecified atom stereocenters. The Labute approximate surface area is 408 Å². The highest BCUT2D eigenvalue weighted by Gasteiger charge is 2.34. The summed E-state index contributed by atoms with van der Waals surface area (Å²) in [4.78, 5) is 125. The molecular formula is C48H72N10O12. The van der Waals surface area contributed by atoms with E-state index < -0.39 is 120 Å². The van der Waals surface area contributed by atoms with Crippen LogP contribution < -0.4 is 43.4 Å². The Bertz CT molecular complexity index is 2120. The number of aliphatic imine (C=N–C) groups is 1. The zero-order chi connectivity index (χ0) is 52.8. The van der Waals surface area contributed by atoms with Gasteiger partial charge in [-0.1, -0.05) is 88.4 Å². The van der Waals surface area contributed by atoms with Gasteiger partial charge in [0.1, 0.15) is 35.9 Å². The molecule has 22 nitrogen and oxygen atoms in total. The lowest BCUT2D eigenvalue weighted by Crippen LogP contribution is -2.57. The number of likely N-dealkylation sites (N-methyl/N-ethyl adjacent to an activating group) is 1. The van der Waals surface area contributed by atoms with E-state index in [0.717, 1.165) is 10.5 Å². The first-order valence-corrected chi connectivity index (χ1v) is 23.1. The van der Waals surface area contributed by atoms with Gasteiger partial charge in [0.05, 0.1) is 24.5 Å². The fourth-order valence-corrected chi connectivity index (χ4v) is 7.26. The summed E-state index contributed by atoms with van der Waals surface area (Å²) < 4.78 is 5.81. The molecular weight excluding hydrogens is 909 g/mol. The van der Waals surface area contributed by atoms with E-state index in [2.05, 4.69) is 43.5 Å². The zero-order valence-electron chi connectivity index (χ0n) is 41.3. The molecule has 7 amide bonds. The number of hydrogen-bond acceptors (Lipinski definition) is 11. The number of allylic oxidation sites excluding steroid dienone is 2. The van der Waals surface area contributed by atoms with Crippen LogP contribution in [0.25, 0.3) is 0 Å². The first-order chi connectivity index (χ1) is 32.8. The van der Waals surface area contributed by atoms with Gasteiger partial charge in [0.15, 0.2) is 5.96 Å². The van der Waals surface area contributed by atoms with Crippen LogP contribution in [0.2, 0.25) is 0 Å². The van der Waals surface area contributed by atoms with Gasteiger partial charge < -0.3 is 63.2 Å². The smallest absolute Gasteiger partial charge is 0.326 e. The van der Waals surface area contributed by atoms with Crippen LogP contribution in [0.1, 0.15) is 85.6 Å². The summed E-state index contributed by atoms with van der Waals surface area (Å²) in [6.45, 7) is 13.6. The number of aliphatic carboxylic acids is 2. The lowest BCUT2D eigenvalue weighted by Gasteiger charge is -2.27. The van der Waals surface area contributed by atoms with Crippen LogP contribution in [0.15, 0.2) is 71.4 Å². The molecule has 12 N–H and O–H groups in total. The van der Waals surface area contributed by atoms with Crippen LogP contribution in [0.4, 0.5) is 0 Å². The maximum Gasteiger partial charge on any atom is 0.326 e. The first-order valence-electron chi connectivity index (χ1n) is 23.1. The third kappa shape index (κ3) is 20.2. The van der Waals surface area contributed by atoms with E-state index >= 15 is 0 Å². The molecule has 386 valence electrons. The molecule has 1 aliphatic rings. The second kappa shape index (κ2) is 29.0. The highest BCUT2D eigenvalue weighted by Crippen LogP contribution is 2.19. The standard InChI is InChI=1S/C48H72N10O12/c1-26(2)22-36-45(65)57-37(47(68)69)25-39(59)53-34(16-13-21-51-48(49)50)44(64)54-33(18-17-27(3)23-28(4)38(70-9)24-32-14-11-10-12-15-32)29(5)41(61)55-35(46(66)67)19-20-40(60)58(8)31(7)43(63)52-30(6)42(62)56-36/h10-12,14-15,17-18,23,26,28-30,33-38H,7,13,16,19-22,24-25H2,1-6,8-9H3,(H,52,63)(H,53,59)(H,54,64)(H,55,61)(H,56,62)(H,57,65)(H,66,67)(H,68,69)(H4,49,50,51)/b18-17+,27-23+/t28?,29?,30-,33?,34?,35-,36+,37?,38?/m1/s1. The number of ether oxygens (including phenoxy) is 1. The van der Waals surface area contributed by atoms with Crippen LogP contribution in [0, 0.1) is 17.8 Å². The normalized spacial score (nSPS) is 24.4. The fourth-order valence-electron chi connectivity index (χ4n) is 7.26. The van der Waals surface area contributed by atoms with Crippen molar-refractivity contribution >= 4 is 59.2 Å². The summed E-state index contributed by atoms with van der Waals surface area (Å²) in [7, 11) is 2.82. The SMILES string of the molecule is C=C1C(=O)N[C@H](C)C(=O)N[C@@H](CC(C)C)C(=O)NC(C(=O)O)CC(=O)NC(CCCN=C(N)N)C(=O)NC(/C=C/C(C)=C/C(C)C(Cc2ccccc2)OC)C(C)C(=O)N[C@@H](C(=O)O)CCC(=O)N1C. The van der Waals surface area contributed by atoms with Gasteiger partial charge in [-0.25, -0.2) is 9.59 Å². The van der Waals surface area contributed by atoms with Crippen molar-refractivity contribution in [3.63, 3.8) is 0 Å². The number of nitrogens with one attached hydrogen (secondary N) is 6.